The summed E-state index contributed by atoms with van der Waals surface area (Å²) in [5.74, 6) is -0.405. The van der Waals surface area contributed by atoms with E-state index in [-0.39, 0.29) is 0 Å². The van der Waals surface area contributed by atoms with Crippen molar-refractivity contribution in [1.82, 2.24) is 0 Å². The van der Waals surface area contributed by atoms with Crippen LogP contribution >= 0.6 is 0 Å². The highest BCUT2D eigenvalue weighted by Crippen LogP contribution is 2.25. The Morgan fingerprint density at radius 3 is 2.71 bits per heavy atom. The number of rotatable bonds is 1. The fourth-order valence-corrected chi connectivity index (χ4v) is 1.53. The molecule has 2 N–H and O–H groups in total. The molecule has 0 saturated heterocycles. The zero-order valence-corrected chi connectivity index (χ0v) is 7.87. The maximum absolute atomic E-state index is 11.3. The number of ether oxygens (including phenoxy) is 2. The van der Waals surface area contributed by atoms with Crippen molar-refractivity contribution in [2.24, 2.45) is 0 Å². The van der Waals surface area contributed by atoms with Crippen molar-refractivity contribution in [1.29, 1.82) is 0 Å². The third-order valence-electron chi connectivity index (χ3n) is 2.29. The third kappa shape index (κ3) is 1.33. The maximum Gasteiger partial charge on any atom is 0.339 e. The zero-order chi connectivity index (χ0) is 10.1. The van der Waals surface area contributed by atoms with Gasteiger partial charge in [0.25, 0.3) is 0 Å². The molecule has 1 aliphatic heterocycles. The molecule has 0 atom stereocenters. The predicted molar refractivity (Wildman–Crippen MR) is 50.7 cm³/mol. The topological polar surface area (TPSA) is 61.5 Å². The van der Waals surface area contributed by atoms with E-state index in [4.69, 9.17) is 10.5 Å². The van der Waals surface area contributed by atoms with Crippen molar-refractivity contribution in [3.8, 4) is 0 Å². The molecule has 0 bridgehead atoms. The van der Waals surface area contributed by atoms with E-state index in [1.807, 2.05) is 0 Å². The van der Waals surface area contributed by atoms with Gasteiger partial charge in [0.15, 0.2) is 0 Å². The Hall–Kier alpha value is -1.55. The molecule has 1 aromatic carbocycles. The second kappa shape index (κ2) is 3.31. The highest BCUT2D eigenvalue weighted by molar-refractivity contribution is 5.95. The normalized spacial score (nSPS) is 13.8. The average molecular weight is 193 g/mol. The van der Waals surface area contributed by atoms with E-state index < -0.39 is 5.97 Å². The Bertz CT molecular complexity index is 387. The van der Waals surface area contributed by atoms with Crippen LogP contribution in [0.2, 0.25) is 0 Å². The van der Waals surface area contributed by atoms with E-state index in [0.717, 1.165) is 11.1 Å². The molecule has 0 amide bonds. The molecule has 0 aliphatic carbocycles. The number of nitrogens with two attached hydrogens (primary N) is 1. The number of methoxy groups -OCH3 is 1. The lowest BCUT2D eigenvalue weighted by molar-refractivity contribution is 0.0602. The van der Waals surface area contributed by atoms with Gasteiger partial charge in [-0.1, -0.05) is 0 Å². The minimum Gasteiger partial charge on any atom is -0.465 e. The SMILES string of the molecule is COC(=O)c1cc2c(cc1N)COC2. The summed E-state index contributed by atoms with van der Waals surface area (Å²) in [6.07, 6.45) is 0. The lowest BCUT2D eigenvalue weighted by atomic mass is 10.0. The van der Waals surface area contributed by atoms with Gasteiger partial charge in [-0.3, -0.25) is 0 Å². The molecule has 0 spiro atoms. The van der Waals surface area contributed by atoms with Gasteiger partial charge in [-0.05, 0) is 23.3 Å². The number of carbonyl (C=O) groups is 1. The van der Waals surface area contributed by atoms with Crippen LogP contribution in [0.3, 0.4) is 0 Å². The highest BCUT2D eigenvalue weighted by Gasteiger charge is 2.17. The first kappa shape index (κ1) is 9.02. The molecule has 2 rings (SSSR count). The van der Waals surface area contributed by atoms with Gasteiger partial charge in [0.2, 0.25) is 0 Å². The van der Waals surface area contributed by atoms with Crippen LogP contribution in [-0.2, 0) is 22.7 Å². The summed E-state index contributed by atoms with van der Waals surface area (Å²) in [4.78, 5) is 11.3. The Labute approximate surface area is 81.6 Å². The van der Waals surface area contributed by atoms with Crippen LogP contribution in [0.25, 0.3) is 0 Å². The summed E-state index contributed by atoms with van der Waals surface area (Å²) in [5, 5.41) is 0. The molecular formula is C10H11NO3. The first-order valence-corrected chi connectivity index (χ1v) is 4.29. The minimum absolute atomic E-state index is 0.405. The molecule has 0 unspecified atom stereocenters. The number of carbonyl (C=O) groups excluding carboxylic acids is 1. The van der Waals surface area contributed by atoms with Crippen molar-refractivity contribution in [3.63, 3.8) is 0 Å². The van der Waals surface area contributed by atoms with Crippen LogP contribution in [0.15, 0.2) is 12.1 Å². The number of esters is 1. The van der Waals surface area contributed by atoms with Gasteiger partial charge in [-0.15, -0.1) is 0 Å². The van der Waals surface area contributed by atoms with Crippen molar-refractivity contribution in [2.45, 2.75) is 13.2 Å². The summed E-state index contributed by atoms with van der Waals surface area (Å²) in [6, 6.07) is 3.51. The van der Waals surface area contributed by atoms with Gasteiger partial charge in [-0.2, -0.15) is 0 Å². The van der Waals surface area contributed by atoms with Gasteiger partial charge in [0, 0.05) is 5.69 Å². The van der Waals surface area contributed by atoms with Gasteiger partial charge in [0.1, 0.15) is 0 Å². The zero-order valence-electron chi connectivity index (χ0n) is 7.87. The van der Waals surface area contributed by atoms with Crippen LogP contribution in [-0.4, -0.2) is 13.1 Å². The Kier molecular flexibility index (Phi) is 2.13. The summed E-state index contributed by atoms with van der Waals surface area (Å²) < 4.78 is 9.85. The molecule has 0 saturated carbocycles. The van der Waals surface area contributed by atoms with Crippen molar-refractivity contribution >= 4 is 11.7 Å². The van der Waals surface area contributed by atoms with Crippen molar-refractivity contribution in [2.75, 3.05) is 12.8 Å². The van der Waals surface area contributed by atoms with E-state index in [2.05, 4.69) is 4.74 Å². The number of benzene rings is 1. The van der Waals surface area contributed by atoms with Crippen LogP contribution in [0.1, 0.15) is 21.5 Å². The quantitative estimate of drug-likeness (QED) is 0.535. The smallest absolute Gasteiger partial charge is 0.339 e. The fourth-order valence-electron chi connectivity index (χ4n) is 1.53. The molecule has 1 heterocycles. The van der Waals surface area contributed by atoms with Gasteiger partial charge >= 0.3 is 5.97 Å². The molecule has 4 heteroatoms. The highest BCUT2D eigenvalue weighted by atomic mass is 16.5. The van der Waals surface area contributed by atoms with Gasteiger partial charge < -0.3 is 15.2 Å². The van der Waals surface area contributed by atoms with Crippen LogP contribution in [0.4, 0.5) is 5.69 Å². The van der Waals surface area contributed by atoms with Crippen LogP contribution in [0, 0.1) is 0 Å². The molecule has 1 aliphatic rings. The van der Waals surface area contributed by atoms with E-state index in [1.165, 1.54) is 7.11 Å². The van der Waals surface area contributed by atoms with Crippen molar-refractivity contribution < 1.29 is 14.3 Å². The van der Waals surface area contributed by atoms with E-state index in [1.54, 1.807) is 12.1 Å². The van der Waals surface area contributed by atoms with E-state index in [0.29, 0.717) is 24.5 Å². The Balaban J connectivity index is 2.47. The van der Waals surface area contributed by atoms with E-state index in [9.17, 15) is 4.79 Å². The molecule has 0 aromatic heterocycles. The number of nitrogen functional groups attached to an aromatic ring is 1. The summed E-state index contributed by atoms with van der Waals surface area (Å²) in [5.41, 5.74) is 8.64. The summed E-state index contributed by atoms with van der Waals surface area (Å²) in [6.45, 7) is 1.11. The lowest BCUT2D eigenvalue weighted by Gasteiger charge is -2.05. The minimum atomic E-state index is -0.405. The predicted octanol–water partition coefficient (Wildman–Crippen LogP) is 1.09. The lowest BCUT2D eigenvalue weighted by Crippen LogP contribution is -2.06. The average Bonchev–Trinajstić information content (AvgIpc) is 2.62. The molecule has 14 heavy (non-hydrogen) atoms. The number of fused-ring (bicyclic) bond motifs is 1. The number of anilines is 1. The Morgan fingerprint density at radius 1 is 1.43 bits per heavy atom. The van der Waals surface area contributed by atoms with Crippen LogP contribution < -0.4 is 5.73 Å². The fraction of sp³-hybridized carbons (Fsp3) is 0.300. The van der Waals surface area contributed by atoms with Gasteiger partial charge in [-0.25, -0.2) is 4.79 Å². The van der Waals surface area contributed by atoms with Crippen molar-refractivity contribution in [3.05, 3.63) is 28.8 Å². The molecule has 0 fully saturated rings. The summed E-state index contributed by atoms with van der Waals surface area (Å²) in [7, 11) is 1.34. The second-order valence-electron chi connectivity index (χ2n) is 3.19. The van der Waals surface area contributed by atoms with E-state index >= 15 is 0 Å². The first-order valence-electron chi connectivity index (χ1n) is 4.29. The summed E-state index contributed by atoms with van der Waals surface area (Å²) >= 11 is 0. The molecule has 4 nitrogen and oxygen atoms in total. The second-order valence-corrected chi connectivity index (χ2v) is 3.19. The van der Waals surface area contributed by atoms with Gasteiger partial charge in [0.05, 0.1) is 25.9 Å². The third-order valence-corrected chi connectivity index (χ3v) is 2.29. The van der Waals surface area contributed by atoms with Crippen LogP contribution in [0.5, 0.6) is 0 Å². The maximum atomic E-state index is 11.3. The molecule has 74 valence electrons. The number of hydrogen-bond donors (Lipinski definition) is 1. The largest absolute Gasteiger partial charge is 0.465 e. The molecule has 0 radical (unpaired) electrons. The first-order chi connectivity index (χ1) is 6.72. The number of hydrogen-bond acceptors (Lipinski definition) is 4. The Morgan fingerprint density at radius 2 is 2.07 bits per heavy atom. The standard InChI is InChI=1S/C10H11NO3/c1-13-10(12)8-2-6-4-14-5-7(6)3-9(8)11/h2-3H,4-5,11H2,1H3. The monoisotopic (exact) mass is 193 g/mol. The molecule has 1 aromatic rings. The molecular weight excluding hydrogens is 182 g/mol.